The van der Waals surface area contributed by atoms with Gasteiger partial charge in [0.1, 0.15) is 0 Å². The molecule has 0 atom stereocenters. The van der Waals surface area contributed by atoms with Gasteiger partial charge in [-0.1, -0.05) is 35.0 Å². The monoisotopic (exact) mass is 361 g/mol. The van der Waals surface area contributed by atoms with Crippen LogP contribution in [0.2, 0.25) is 10.0 Å². The molecule has 0 saturated carbocycles. The lowest BCUT2D eigenvalue weighted by Crippen LogP contribution is -2.04. The SMILES string of the molecule is CCOC(=O)CCSc1nc(-c2ccc(Cl)cc2Cl)cs1. The number of thioether (sulfide) groups is 1. The largest absolute Gasteiger partial charge is 0.466 e. The molecule has 112 valence electrons. The van der Waals surface area contributed by atoms with Crippen LogP contribution in [0.15, 0.2) is 27.9 Å². The van der Waals surface area contributed by atoms with Gasteiger partial charge in [-0.25, -0.2) is 4.98 Å². The van der Waals surface area contributed by atoms with Gasteiger partial charge in [-0.3, -0.25) is 4.79 Å². The van der Waals surface area contributed by atoms with Gasteiger partial charge in [0.2, 0.25) is 0 Å². The van der Waals surface area contributed by atoms with Crippen LogP contribution in [0.4, 0.5) is 0 Å². The Morgan fingerprint density at radius 3 is 2.95 bits per heavy atom. The first-order valence-electron chi connectivity index (χ1n) is 6.29. The molecule has 2 aromatic rings. The summed E-state index contributed by atoms with van der Waals surface area (Å²) in [6.45, 7) is 2.22. The molecule has 0 amide bonds. The number of hydrogen-bond donors (Lipinski definition) is 0. The lowest BCUT2D eigenvalue weighted by atomic mass is 10.2. The summed E-state index contributed by atoms with van der Waals surface area (Å²) in [7, 11) is 0. The van der Waals surface area contributed by atoms with E-state index in [2.05, 4.69) is 4.98 Å². The minimum Gasteiger partial charge on any atom is -0.466 e. The van der Waals surface area contributed by atoms with Crippen molar-refractivity contribution in [2.75, 3.05) is 12.4 Å². The molecular weight excluding hydrogens is 349 g/mol. The zero-order valence-electron chi connectivity index (χ0n) is 11.3. The summed E-state index contributed by atoms with van der Waals surface area (Å²) in [5.74, 6) is 0.475. The van der Waals surface area contributed by atoms with Crippen LogP contribution in [0.5, 0.6) is 0 Å². The Kier molecular flexibility index (Phi) is 6.36. The molecule has 0 N–H and O–H groups in total. The second kappa shape index (κ2) is 8.03. The van der Waals surface area contributed by atoms with Gasteiger partial charge < -0.3 is 4.74 Å². The zero-order valence-corrected chi connectivity index (χ0v) is 14.4. The Morgan fingerprint density at radius 1 is 1.43 bits per heavy atom. The lowest BCUT2D eigenvalue weighted by molar-refractivity contribution is -0.142. The van der Waals surface area contributed by atoms with E-state index in [1.165, 1.54) is 23.1 Å². The number of thiazole rings is 1. The van der Waals surface area contributed by atoms with Crippen LogP contribution in [0.25, 0.3) is 11.3 Å². The van der Waals surface area contributed by atoms with Crippen molar-refractivity contribution in [3.63, 3.8) is 0 Å². The molecule has 0 fully saturated rings. The van der Waals surface area contributed by atoms with E-state index in [0.717, 1.165) is 15.6 Å². The van der Waals surface area contributed by atoms with Gasteiger partial charge in [0, 0.05) is 21.7 Å². The van der Waals surface area contributed by atoms with Crippen LogP contribution in [0.1, 0.15) is 13.3 Å². The van der Waals surface area contributed by atoms with Crippen molar-refractivity contribution in [1.29, 1.82) is 0 Å². The molecule has 3 nitrogen and oxygen atoms in total. The Labute approximate surface area is 141 Å². The molecular formula is C14H13Cl2NO2S2. The fraction of sp³-hybridized carbons (Fsp3) is 0.286. The average Bonchev–Trinajstić information content (AvgIpc) is 2.87. The summed E-state index contributed by atoms with van der Waals surface area (Å²) < 4.78 is 5.79. The van der Waals surface area contributed by atoms with Crippen molar-refractivity contribution in [3.05, 3.63) is 33.6 Å². The summed E-state index contributed by atoms with van der Waals surface area (Å²) in [6.07, 6.45) is 0.384. The number of hydrogen-bond acceptors (Lipinski definition) is 5. The van der Waals surface area contributed by atoms with Gasteiger partial charge >= 0.3 is 5.97 Å². The van der Waals surface area contributed by atoms with E-state index < -0.39 is 0 Å². The highest BCUT2D eigenvalue weighted by Gasteiger charge is 2.10. The normalized spacial score (nSPS) is 10.6. The topological polar surface area (TPSA) is 39.2 Å². The van der Waals surface area contributed by atoms with Crippen LogP contribution < -0.4 is 0 Å². The second-order valence-electron chi connectivity index (χ2n) is 4.03. The van der Waals surface area contributed by atoms with Crippen LogP contribution in [0.3, 0.4) is 0 Å². The number of aromatic nitrogens is 1. The summed E-state index contributed by atoms with van der Waals surface area (Å²) in [4.78, 5) is 15.8. The number of halogens is 2. The van der Waals surface area contributed by atoms with Crippen LogP contribution in [-0.2, 0) is 9.53 Å². The highest BCUT2D eigenvalue weighted by molar-refractivity contribution is 8.01. The molecule has 1 heterocycles. The van der Waals surface area contributed by atoms with Crippen molar-refractivity contribution in [1.82, 2.24) is 4.98 Å². The molecule has 0 bridgehead atoms. The molecule has 0 radical (unpaired) electrons. The van der Waals surface area contributed by atoms with Gasteiger partial charge in [0.25, 0.3) is 0 Å². The number of carbonyl (C=O) groups is 1. The van der Waals surface area contributed by atoms with Crippen molar-refractivity contribution in [2.45, 2.75) is 17.7 Å². The summed E-state index contributed by atoms with van der Waals surface area (Å²) in [5, 5.41) is 3.13. The number of benzene rings is 1. The maximum atomic E-state index is 11.3. The number of esters is 1. The molecule has 0 unspecified atom stereocenters. The minimum absolute atomic E-state index is 0.178. The molecule has 0 aliphatic rings. The first-order chi connectivity index (χ1) is 10.1. The van der Waals surface area contributed by atoms with E-state index in [1.54, 1.807) is 19.1 Å². The summed E-state index contributed by atoms with van der Waals surface area (Å²) in [6, 6.07) is 5.34. The van der Waals surface area contributed by atoms with E-state index in [9.17, 15) is 4.79 Å². The summed E-state index contributed by atoms with van der Waals surface area (Å²) in [5.41, 5.74) is 1.68. The first-order valence-corrected chi connectivity index (χ1v) is 8.91. The fourth-order valence-electron chi connectivity index (χ4n) is 1.60. The number of carbonyl (C=O) groups excluding carboxylic acids is 1. The smallest absolute Gasteiger partial charge is 0.306 e. The van der Waals surface area contributed by atoms with Gasteiger partial charge in [0.15, 0.2) is 4.34 Å². The van der Waals surface area contributed by atoms with Crippen molar-refractivity contribution in [3.8, 4) is 11.3 Å². The van der Waals surface area contributed by atoms with E-state index >= 15 is 0 Å². The third kappa shape index (κ3) is 4.88. The number of ether oxygens (including phenoxy) is 1. The Morgan fingerprint density at radius 2 is 2.24 bits per heavy atom. The highest BCUT2D eigenvalue weighted by atomic mass is 35.5. The molecule has 1 aromatic heterocycles. The summed E-state index contributed by atoms with van der Waals surface area (Å²) >= 11 is 15.1. The van der Waals surface area contributed by atoms with Crippen molar-refractivity contribution >= 4 is 52.3 Å². The highest BCUT2D eigenvalue weighted by Crippen LogP contribution is 2.33. The van der Waals surface area contributed by atoms with Crippen molar-refractivity contribution in [2.24, 2.45) is 0 Å². The van der Waals surface area contributed by atoms with Gasteiger partial charge in [0.05, 0.1) is 23.7 Å². The Balaban J connectivity index is 1.96. The Hall–Kier alpha value is -0.750. The van der Waals surface area contributed by atoms with E-state index in [1.807, 2.05) is 11.4 Å². The van der Waals surface area contributed by atoms with Gasteiger partial charge in [-0.05, 0) is 25.1 Å². The molecule has 0 saturated heterocycles. The number of rotatable bonds is 6. The quantitative estimate of drug-likeness (QED) is 0.525. The lowest BCUT2D eigenvalue weighted by Gasteiger charge is -2.01. The average molecular weight is 362 g/mol. The standard InChI is InChI=1S/C14H13Cl2NO2S2/c1-2-19-13(18)5-6-20-14-17-12(8-21-14)10-4-3-9(15)7-11(10)16/h3-4,7-8H,2,5-6H2,1H3. The molecule has 0 spiro atoms. The predicted molar refractivity (Wildman–Crippen MR) is 89.5 cm³/mol. The minimum atomic E-state index is -0.178. The molecule has 2 rings (SSSR count). The molecule has 0 aliphatic carbocycles. The van der Waals surface area contributed by atoms with Crippen molar-refractivity contribution < 1.29 is 9.53 Å². The van der Waals surface area contributed by atoms with Crippen LogP contribution in [0, 0.1) is 0 Å². The third-order valence-electron chi connectivity index (χ3n) is 2.53. The molecule has 21 heavy (non-hydrogen) atoms. The third-order valence-corrected chi connectivity index (χ3v) is 5.10. The van der Waals surface area contributed by atoms with E-state index in [-0.39, 0.29) is 5.97 Å². The molecule has 7 heteroatoms. The molecule has 1 aromatic carbocycles. The maximum absolute atomic E-state index is 11.3. The van der Waals surface area contributed by atoms with Crippen LogP contribution in [-0.4, -0.2) is 23.3 Å². The van der Waals surface area contributed by atoms with Gasteiger partial charge in [-0.15, -0.1) is 11.3 Å². The maximum Gasteiger partial charge on any atom is 0.306 e. The first kappa shape index (κ1) is 16.6. The molecule has 0 aliphatic heterocycles. The van der Waals surface area contributed by atoms with Crippen LogP contribution >= 0.6 is 46.3 Å². The zero-order chi connectivity index (χ0) is 15.2. The second-order valence-corrected chi connectivity index (χ2v) is 7.07. The predicted octanol–water partition coefficient (Wildman–Crippen LogP) is 5.16. The van der Waals surface area contributed by atoms with E-state index in [0.29, 0.717) is 28.8 Å². The van der Waals surface area contributed by atoms with E-state index in [4.69, 9.17) is 27.9 Å². The number of nitrogens with zero attached hydrogens (tertiary/aromatic N) is 1. The fourth-order valence-corrected chi connectivity index (χ4v) is 3.92. The van der Waals surface area contributed by atoms with Gasteiger partial charge in [-0.2, -0.15) is 0 Å². The Bertz CT molecular complexity index is 631.